The fraction of sp³-hybridized carbons (Fsp3) is 0.364. The molecule has 31 heavy (non-hydrogen) atoms. The van der Waals surface area contributed by atoms with E-state index in [-0.39, 0.29) is 12.5 Å². The Hall–Kier alpha value is -3.30. The van der Waals surface area contributed by atoms with Crippen molar-refractivity contribution in [1.29, 1.82) is 0 Å². The molecule has 1 aromatic heterocycles. The summed E-state index contributed by atoms with van der Waals surface area (Å²) < 4.78 is 12.8. The van der Waals surface area contributed by atoms with Crippen molar-refractivity contribution in [3.8, 4) is 5.75 Å². The minimum Gasteiger partial charge on any atom is -0.486 e. The lowest BCUT2D eigenvalue weighted by molar-refractivity contribution is 0.0342. The predicted octanol–water partition coefficient (Wildman–Crippen LogP) is 2.36. The second kappa shape index (κ2) is 10.1. The fourth-order valence-electron chi connectivity index (χ4n) is 3.42. The number of carbonyl (C=O) groups is 1. The number of aryl methyl sites for hydroxylation is 1. The molecule has 0 saturated carbocycles. The maximum Gasteiger partial charge on any atom is 0.255 e. The molecule has 0 unspecified atom stereocenters. The zero-order chi connectivity index (χ0) is 21.5. The number of ether oxygens (including phenoxy) is 2. The number of morpholine rings is 1. The summed E-state index contributed by atoms with van der Waals surface area (Å²) in [5.41, 5.74) is 2.45. The lowest BCUT2D eigenvalue weighted by atomic mass is 10.1. The van der Waals surface area contributed by atoms with Crippen LogP contribution in [0, 0.1) is 0 Å². The van der Waals surface area contributed by atoms with Crippen LogP contribution in [0.25, 0.3) is 0 Å². The van der Waals surface area contributed by atoms with E-state index in [1.807, 2.05) is 25.1 Å². The predicted molar refractivity (Wildman–Crippen MR) is 115 cm³/mol. The first-order valence-electron chi connectivity index (χ1n) is 10.4. The molecule has 2 heterocycles. The summed E-state index contributed by atoms with van der Waals surface area (Å²) >= 11 is 0. The van der Waals surface area contributed by atoms with Gasteiger partial charge in [-0.15, -0.1) is 5.10 Å². The van der Waals surface area contributed by atoms with Crippen molar-refractivity contribution in [3.63, 3.8) is 0 Å². The standard InChI is InChI=1S/C22H26N6O3/c1-2-28-21(24-25-26-28)16-31-20-8-4-6-18(14-20)22(29)23-19-7-3-5-17(13-19)15-27-9-11-30-12-10-27/h3-8,13-14H,2,9-12,15-16H2,1H3,(H,23,29). The molecule has 0 atom stereocenters. The molecule has 9 nitrogen and oxygen atoms in total. The van der Waals surface area contributed by atoms with E-state index in [1.165, 1.54) is 0 Å². The quantitative estimate of drug-likeness (QED) is 0.595. The lowest BCUT2D eigenvalue weighted by Crippen LogP contribution is -2.35. The minimum atomic E-state index is -0.188. The van der Waals surface area contributed by atoms with Gasteiger partial charge in [-0.2, -0.15) is 0 Å². The molecule has 1 amide bonds. The van der Waals surface area contributed by atoms with Crippen LogP contribution in [0.2, 0.25) is 0 Å². The maximum absolute atomic E-state index is 12.8. The third-order valence-electron chi connectivity index (χ3n) is 5.06. The number of aromatic nitrogens is 4. The highest BCUT2D eigenvalue weighted by Crippen LogP contribution is 2.18. The van der Waals surface area contributed by atoms with Crippen LogP contribution in [0.15, 0.2) is 48.5 Å². The Labute approximate surface area is 181 Å². The third kappa shape index (κ3) is 5.65. The van der Waals surface area contributed by atoms with Crippen LogP contribution in [0.4, 0.5) is 5.69 Å². The van der Waals surface area contributed by atoms with Gasteiger partial charge in [0, 0.05) is 37.4 Å². The molecule has 9 heteroatoms. The summed E-state index contributed by atoms with van der Waals surface area (Å²) in [4.78, 5) is 15.1. The van der Waals surface area contributed by atoms with Crippen molar-refractivity contribution in [3.05, 3.63) is 65.5 Å². The topological polar surface area (TPSA) is 94.4 Å². The van der Waals surface area contributed by atoms with Gasteiger partial charge in [0.15, 0.2) is 5.82 Å². The number of tetrazole rings is 1. The molecular weight excluding hydrogens is 396 g/mol. The number of hydrogen-bond donors (Lipinski definition) is 1. The van der Waals surface area contributed by atoms with E-state index >= 15 is 0 Å². The Morgan fingerprint density at radius 2 is 2.00 bits per heavy atom. The minimum absolute atomic E-state index is 0.188. The summed E-state index contributed by atoms with van der Waals surface area (Å²) in [5.74, 6) is 1.03. The summed E-state index contributed by atoms with van der Waals surface area (Å²) in [7, 11) is 0. The van der Waals surface area contributed by atoms with Gasteiger partial charge in [0.05, 0.1) is 13.2 Å². The monoisotopic (exact) mass is 422 g/mol. The number of carbonyl (C=O) groups excluding carboxylic acids is 1. The van der Waals surface area contributed by atoms with Crippen molar-refractivity contribution < 1.29 is 14.3 Å². The Balaban J connectivity index is 1.37. The van der Waals surface area contributed by atoms with E-state index < -0.39 is 0 Å². The fourth-order valence-corrected chi connectivity index (χ4v) is 3.42. The van der Waals surface area contributed by atoms with Gasteiger partial charge >= 0.3 is 0 Å². The molecule has 1 aliphatic heterocycles. The van der Waals surface area contributed by atoms with Crippen LogP contribution < -0.4 is 10.1 Å². The number of nitrogens with one attached hydrogen (secondary N) is 1. The van der Waals surface area contributed by atoms with Crippen LogP contribution in [0.1, 0.15) is 28.7 Å². The second-order valence-corrected chi connectivity index (χ2v) is 7.27. The van der Waals surface area contributed by atoms with E-state index in [1.54, 1.807) is 28.9 Å². The highest BCUT2D eigenvalue weighted by atomic mass is 16.5. The summed E-state index contributed by atoms with van der Waals surface area (Å²) in [5, 5.41) is 14.5. The number of anilines is 1. The first-order valence-corrected chi connectivity index (χ1v) is 10.4. The molecule has 4 rings (SSSR count). The normalized spacial score (nSPS) is 14.4. The van der Waals surface area contributed by atoms with Crippen LogP contribution in [-0.2, 0) is 24.4 Å². The van der Waals surface area contributed by atoms with Gasteiger partial charge in [-0.1, -0.05) is 18.2 Å². The molecule has 1 saturated heterocycles. The molecule has 0 radical (unpaired) electrons. The van der Waals surface area contributed by atoms with E-state index in [2.05, 4.69) is 31.8 Å². The van der Waals surface area contributed by atoms with Gasteiger partial charge in [0.25, 0.3) is 5.91 Å². The lowest BCUT2D eigenvalue weighted by Gasteiger charge is -2.26. The highest BCUT2D eigenvalue weighted by Gasteiger charge is 2.12. The SMILES string of the molecule is CCn1nnnc1COc1cccc(C(=O)Nc2cccc(CN3CCOCC3)c2)c1. The average Bonchev–Trinajstić information content (AvgIpc) is 3.26. The van der Waals surface area contributed by atoms with Crippen LogP contribution >= 0.6 is 0 Å². The first-order chi connectivity index (χ1) is 15.2. The molecule has 1 fully saturated rings. The maximum atomic E-state index is 12.8. The first kappa shape index (κ1) is 21.0. The number of rotatable bonds is 8. The molecule has 3 aromatic rings. The van der Waals surface area contributed by atoms with Crippen molar-refractivity contribution in [1.82, 2.24) is 25.1 Å². The van der Waals surface area contributed by atoms with Gasteiger partial charge in [-0.25, -0.2) is 4.68 Å². The average molecular weight is 422 g/mol. The Morgan fingerprint density at radius 3 is 2.84 bits per heavy atom. The zero-order valence-corrected chi connectivity index (χ0v) is 17.5. The molecule has 1 N–H and O–H groups in total. The third-order valence-corrected chi connectivity index (χ3v) is 5.06. The van der Waals surface area contributed by atoms with Crippen molar-refractivity contribution in [2.24, 2.45) is 0 Å². The van der Waals surface area contributed by atoms with Crippen LogP contribution in [-0.4, -0.2) is 57.3 Å². The molecule has 2 aromatic carbocycles. The smallest absolute Gasteiger partial charge is 0.255 e. The second-order valence-electron chi connectivity index (χ2n) is 7.27. The molecular formula is C22H26N6O3. The number of nitrogens with zero attached hydrogens (tertiary/aromatic N) is 5. The van der Waals surface area contributed by atoms with E-state index in [9.17, 15) is 4.79 Å². The number of amides is 1. The van der Waals surface area contributed by atoms with Crippen molar-refractivity contribution in [2.75, 3.05) is 31.6 Å². The summed E-state index contributed by atoms with van der Waals surface area (Å²) in [6, 6.07) is 15.0. The molecule has 0 bridgehead atoms. The molecule has 0 spiro atoms. The van der Waals surface area contributed by atoms with E-state index in [0.29, 0.717) is 23.7 Å². The molecule has 162 valence electrons. The van der Waals surface area contributed by atoms with Gasteiger partial charge in [-0.3, -0.25) is 9.69 Å². The van der Waals surface area contributed by atoms with Crippen molar-refractivity contribution >= 4 is 11.6 Å². The largest absolute Gasteiger partial charge is 0.486 e. The van der Waals surface area contributed by atoms with Gasteiger partial charge in [0.1, 0.15) is 12.4 Å². The zero-order valence-electron chi connectivity index (χ0n) is 17.5. The van der Waals surface area contributed by atoms with E-state index in [0.717, 1.165) is 44.1 Å². The summed E-state index contributed by atoms with van der Waals surface area (Å²) in [6.07, 6.45) is 0. The van der Waals surface area contributed by atoms with Gasteiger partial charge < -0.3 is 14.8 Å². The Bertz CT molecular complexity index is 1020. The van der Waals surface area contributed by atoms with Crippen molar-refractivity contribution in [2.45, 2.75) is 26.6 Å². The molecule has 0 aliphatic carbocycles. The summed E-state index contributed by atoms with van der Waals surface area (Å²) in [6.45, 7) is 7.08. The molecule has 1 aliphatic rings. The van der Waals surface area contributed by atoms with Gasteiger partial charge in [0.2, 0.25) is 0 Å². The van der Waals surface area contributed by atoms with Gasteiger partial charge in [-0.05, 0) is 53.2 Å². The number of hydrogen-bond acceptors (Lipinski definition) is 7. The highest BCUT2D eigenvalue weighted by molar-refractivity contribution is 6.04. The Kier molecular flexibility index (Phi) is 6.85. The van der Waals surface area contributed by atoms with Crippen LogP contribution in [0.5, 0.6) is 5.75 Å². The number of benzene rings is 2. The van der Waals surface area contributed by atoms with E-state index in [4.69, 9.17) is 9.47 Å². The van der Waals surface area contributed by atoms with Crippen LogP contribution in [0.3, 0.4) is 0 Å². The Morgan fingerprint density at radius 1 is 1.16 bits per heavy atom.